The molecule has 1 rings (SSSR count). The summed E-state index contributed by atoms with van der Waals surface area (Å²) in [6, 6.07) is 7.32. The average molecular weight is 246 g/mol. The van der Waals surface area contributed by atoms with Crippen LogP contribution in [0.5, 0.6) is 5.75 Å². The van der Waals surface area contributed by atoms with E-state index in [1.54, 1.807) is 31.2 Å². The van der Waals surface area contributed by atoms with Crippen LogP contribution in [0.25, 0.3) is 6.08 Å². The molecule has 0 aliphatic rings. The summed E-state index contributed by atoms with van der Waals surface area (Å²) in [5.41, 5.74) is 1.01. The molecule has 0 aromatic heterocycles. The van der Waals surface area contributed by atoms with E-state index < -0.39 is 0 Å². The van der Waals surface area contributed by atoms with E-state index in [1.807, 2.05) is 25.1 Å². The number of benzene rings is 1. The topological polar surface area (TPSA) is 35.5 Å². The zero-order valence-corrected chi connectivity index (χ0v) is 10.8. The second-order valence-electron chi connectivity index (χ2n) is 3.78. The molecular formula is C15H18O3. The van der Waals surface area contributed by atoms with Crippen LogP contribution in [-0.2, 0) is 9.53 Å². The molecule has 1 unspecified atom stereocenters. The molecule has 1 aromatic carbocycles. The highest BCUT2D eigenvalue weighted by atomic mass is 16.6. The maximum Gasteiger partial charge on any atom is 0.344 e. The van der Waals surface area contributed by atoms with E-state index in [2.05, 4.69) is 6.58 Å². The van der Waals surface area contributed by atoms with E-state index in [1.165, 1.54) is 0 Å². The van der Waals surface area contributed by atoms with E-state index in [4.69, 9.17) is 9.47 Å². The maximum absolute atomic E-state index is 11.4. The summed E-state index contributed by atoms with van der Waals surface area (Å²) in [5, 5.41) is 0. The summed E-state index contributed by atoms with van der Waals surface area (Å²) in [6.45, 7) is 7.25. The lowest BCUT2D eigenvalue weighted by Gasteiger charge is -2.10. The quantitative estimate of drug-likeness (QED) is 0.571. The number of carbonyl (C=O) groups is 1. The highest BCUT2D eigenvalue weighted by Crippen LogP contribution is 2.12. The minimum Gasteiger partial charge on any atom is -0.482 e. The van der Waals surface area contributed by atoms with Gasteiger partial charge in [0.2, 0.25) is 0 Å². The Balaban J connectivity index is 2.39. The van der Waals surface area contributed by atoms with E-state index in [-0.39, 0.29) is 18.7 Å². The molecule has 0 fully saturated rings. The first kappa shape index (κ1) is 14.0. The van der Waals surface area contributed by atoms with Crippen molar-refractivity contribution in [1.29, 1.82) is 0 Å². The molecule has 0 saturated heterocycles. The molecule has 0 aliphatic heterocycles. The van der Waals surface area contributed by atoms with Crippen LogP contribution in [0.2, 0.25) is 0 Å². The zero-order chi connectivity index (χ0) is 13.4. The summed E-state index contributed by atoms with van der Waals surface area (Å²) < 4.78 is 10.4. The normalized spacial score (nSPS) is 12.1. The standard InChI is InChI=1S/C15H18O3/c1-4-6-12(3)18-15(16)11-17-14-9-7-13(5-2)8-10-14/h4-10,12H,2,11H2,1,3H3. The lowest BCUT2D eigenvalue weighted by molar-refractivity contribution is -0.148. The Morgan fingerprint density at radius 1 is 1.39 bits per heavy atom. The highest BCUT2D eigenvalue weighted by Gasteiger charge is 2.07. The lowest BCUT2D eigenvalue weighted by Crippen LogP contribution is -2.19. The van der Waals surface area contributed by atoms with Gasteiger partial charge in [-0.05, 0) is 37.6 Å². The Hall–Kier alpha value is -2.03. The van der Waals surface area contributed by atoms with E-state index in [0.717, 1.165) is 5.56 Å². The monoisotopic (exact) mass is 246 g/mol. The van der Waals surface area contributed by atoms with Crippen molar-refractivity contribution in [3.05, 3.63) is 48.6 Å². The van der Waals surface area contributed by atoms with Gasteiger partial charge in [-0.3, -0.25) is 0 Å². The van der Waals surface area contributed by atoms with Crippen LogP contribution in [-0.4, -0.2) is 18.7 Å². The van der Waals surface area contributed by atoms with Crippen LogP contribution in [0.4, 0.5) is 0 Å². The van der Waals surface area contributed by atoms with Crippen LogP contribution in [0.15, 0.2) is 43.0 Å². The second-order valence-corrected chi connectivity index (χ2v) is 3.78. The molecule has 3 nitrogen and oxygen atoms in total. The summed E-state index contributed by atoms with van der Waals surface area (Å²) >= 11 is 0. The van der Waals surface area contributed by atoms with Crippen LogP contribution >= 0.6 is 0 Å². The van der Waals surface area contributed by atoms with Gasteiger partial charge in [-0.15, -0.1) is 0 Å². The van der Waals surface area contributed by atoms with Crippen molar-refractivity contribution in [2.24, 2.45) is 0 Å². The largest absolute Gasteiger partial charge is 0.482 e. The fourth-order valence-corrected chi connectivity index (χ4v) is 1.39. The lowest BCUT2D eigenvalue weighted by atomic mass is 10.2. The molecule has 0 N–H and O–H groups in total. The molecule has 1 aromatic rings. The fourth-order valence-electron chi connectivity index (χ4n) is 1.39. The number of rotatable bonds is 6. The van der Waals surface area contributed by atoms with Crippen molar-refractivity contribution in [2.75, 3.05) is 6.61 Å². The molecule has 18 heavy (non-hydrogen) atoms. The van der Waals surface area contributed by atoms with Gasteiger partial charge in [0.15, 0.2) is 6.61 Å². The van der Waals surface area contributed by atoms with Gasteiger partial charge in [-0.2, -0.15) is 0 Å². The number of hydrogen-bond acceptors (Lipinski definition) is 3. The van der Waals surface area contributed by atoms with Crippen LogP contribution in [0, 0.1) is 0 Å². The van der Waals surface area contributed by atoms with Gasteiger partial charge in [0, 0.05) is 0 Å². The number of allylic oxidation sites excluding steroid dienone is 1. The Morgan fingerprint density at radius 3 is 2.61 bits per heavy atom. The third kappa shape index (κ3) is 4.87. The molecule has 0 heterocycles. The van der Waals surface area contributed by atoms with Gasteiger partial charge in [0.25, 0.3) is 0 Å². The molecule has 96 valence electrons. The number of ether oxygens (including phenoxy) is 2. The first-order valence-electron chi connectivity index (χ1n) is 5.83. The minimum absolute atomic E-state index is 0.0880. The predicted molar refractivity (Wildman–Crippen MR) is 72.4 cm³/mol. The molecule has 3 heteroatoms. The average Bonchev–Trinajstić information content (AvgIpc) is 2.37. The fraction of sp³-hybridized carbons (Fsp3) is 0.267. The van der Waals surface area contributed by atoms with Crippen LogP contribution in [0.3, 0.4) is 0 Å². The Labute approximate surface area is 108 Å². The Bertz CT molecular complexity index is 418. The molecule has 0 amide bonds. The molecule has 0 bridgehead atoms. The van der Waals surface area contributed by atoms with Gasteiger partial charge in [-0.1, -0.05) is 30.9 Å². The summed E-state index contributed by atoms with van der Waals surface area (Å²) in [5.74, 6) is 0.254. The smallest absolute Gasteiger partial charge is 0.344 e. The summed E-state index contributed by atoms with van der Waals surface area (Å²) in [6.07, 6.45) is 5.16. The third-order valence-corrected chi connectivity index (χ3v) is 2.25. The van der Waals surface area contributed by atoms with Crippen molar-refractivity contribution >= 4 is 12.0 Å². The van der Waals surface area contributed by atoms with Gasteiger partial charge >= 0.3 is 5.97 Å². The molecule has 1 atom stereocenters. The second kappa shape index (κ2) is 7.33. The van der Waals surface area contributed by atoms with Crippen LogP contribution < -0.4 is 4.74 Å². The first-order chi connectivity index (χ1) is 8.65. The molecular weight excluding hydrogens is 228 g/mol. The number of hydrogen-bond donors (Lipinski definition) is 0. The maximum atomic E-state index is 11.4. The first-order valence-corrected chi connectivity index (χ1v) is 5.83. The molecule has 0 saturated carbocycles. The Morgan fingerprint density at radius 2 is 2.06 bits per heavy atom. The van der Waals surface area contributed by atoms with Crippen LogP contribution in [0.1, 0.15) is 19.4 Å². The van der Waals surface area contributed by atoms with Crippen molar-refractivity contribution in [2.45, 2.75) is 20.0 Å². The van der Waals surface area contributed by atoms with Crippen molar-refractivity contribution < 1.29 is 14.3 Å². The summed E-state index contributed by atoms with van der Waals surface area (Å²) in [7, 11) is 0. The highest BCUT2D eigenvalue weighted by molar-refractivity contribution is 5.71. The predicted octanol–water partition coefficient (Wildman–Crippen LogP) is 3.22. The molecule has 0 radical (unpaired) electrons. The van der Waals surface area contributed by atoms with Crippen molar-refractivity contribution in [3.8, 4) is 5.75 Å². The molecule has 0 spiro atoms. The van der Waals surface area contributed by atoms with Gasteiger partial charge < -0.3 is 9.47 Å². The van der Waals surface area contributed by atoms with E-state index in [0.29, 0.717) is 5.75 Å². The Kier molecular flexibility index (Phi) is 5.71. The van der Waals surface area contributed by atoms with E-state index >= 15 is 0 Å². The van der Waals surface area contributed by atoms with Gasteiger partial charge in [-0.25, -0.2) is 4.79 Å². The summed E-state index contributed by atoms with van der Waals surface area (Å²) in [4.78, 5) is 11.4. The van der Waals surface area contributed by atoms with Crippen molar-refractivity contribution in [3.63, 3.8) is 0 Å². The molecule has 0 aliphatic carbocycles. The minimum atomic E-state index is -0.381. The van der Waals surface area contributed by atoms with Gasteiger partial charge in [0.05, 0.1) is 0 Å². The van der Waals surface area contributed by atoms with E-state index in [9.17, 15) is 4.79 Å². The third-order valence-electron chi connectivity index (χ3n) is 2.25. The zero-order valence-electron chi connectivity index (χ0n) is 10.8. The van der Waals surface area contributed by atoms with Gasteiger partial charge in [0.1, 0.15) is 11.9 Å². The number of esters is 1. The SMILES string of the molecule is C=Cc1ccc(OCC(=O)OC(C)C=CC)cc1. The van der Waals surface area contributed by atoms with Crippen molar-refractivity contribution in [1.82, 2.24) is 0 Å². The number of carbonyl (C=O) groups excluding carboxylic acids is 1.